The molecule has 15 heavy (non-hydrogen) atoms. The second kappa shape index (κ2) is 3.77. The second-order valence-corrected chi connectivity index (χ2v) is 3.59. The Kier molecular flexibility index (Phi) is 2.46. The van der Waals surface area contributed by atoms with Crippen LogP contribution < -0.4 is 9.64 Å². The van der Waals surface area contributed by atoms with Crippen molar-refractivity contribution >= 4 is 5.69 Å². The van der Waals surface area contributed by atoms with E-state index in [1.807, 2.05) is 11.9 Å². The SMILES string of the molecule is CN1C[C@@H](CC#N)Oc2ccc(F)cc21. The first-order valence-electron chi connectivity index (χ1n) is 4.75. The number of fused-ring (bicyclic) bond motifs is 1. The zero-order chi connectivity index (χ0) is 10.8. The molecule has 0 bridgehead atoms. The summed E-state index contributed by atoms with van der Waals surface area (Å²) in [5.74, 6) is 0.369. The van der Waals surface area contributed by atoms with Gasteiger partial charge < -0.3 is 9.64 Å². The van der Waals surface area contributed by atoms with Crippen LogP contribution in [0.5, 0.6) is 5.75 Å². The molecule has 78 valence electrons. The van der Waals surface area contributed by atoms with Crippen LogP contribution in [0.2, 0.25) is 0 Å². The van der Waals surface area contributed by atoms with Gasteiger partial charge in [0.2, 0.25) is 0 Å². The minimum atomic E-state index is -0.275. The highest BCUT2D eigenvalue weighted by Crippen LogP contribution is 2.33. The topological polar surface area (TPSA) is 36.3 Å². The molecule has 0 N–H and O–H groups in total. The zero-order valence-corrected chi connectivity index (χ0v) is 8.40. The van der Waals surface area contributed by atoms with Crippen molar-refractivity contribution in [3.63, 3.8) is 0 Å². The lowest BCUT2D eigenvalue weighted by atomic mass is 10.1. The minimum absolute atomic E-state index is 0.127. The Balaban J connectivity index is 2.29. The number of likely N-dealkylation sites (N-methyl/N-ethyl adjacent to an activating group) is 1. The summed E-state index contributed by atoms with van der Waals surface area (Å²) < 4.78 is 18.5. The number of anilines is 1. The van der Waals surface area contributed by atoms with Gasteiger partial charge in [-0.3, -0.25) is 0 Å². The maximum atomic E-state index is 13.0. The molecule has 3 nitrogen and oxygen atoms in total. The maximum absolute atomic E-state index is 13.0. The molecule has 0 aliphatic carbocycles. The first kappa shape index (κ1) is 9.78. The normalized spacial score (nSPS) is 19.0. The largest absolute Gasteiger partial charge is 0.485 e. The van der Waals surface area contributed by atoms with Crippen LogP contribution >= 0.6 is 0 Å². The van der Waals surface area contributed by atoms with Crippen molar-refractivity contribution in [1.82, 2.24) is 0 Å². The van der Waals surface area contributed by atoms with E-state index in [-0.39, 0.29) is 11.9 Å². The lowest BCUT2D eigenvalue weighted by molar-refractivity contribution is 0.200. The van der Waals surface area contributed by atoms with Crippen LogP contribution in [-0.2, 0) is 0 Å². The lowest BCUT2D eigenvalue weighted by Crippen LogP contribution is -2.37. The monoisotopic (exact) mass is 206 g/mol. The molecule has 0 saturated carbocycles. The van der Waals surface area contributed by atoms with Gasteiger partial charge in [0.1, 0.15) is 17.7 Å². The molecule has 1 aliphatic rings. The minimum Gasteiger partial charge on any atom is -0.485 e. The molecule has 0 spiro atoms. The summed E-state index contributed by atoms with van der Waals surface area (Å²) in [6.07, 6.45) is 0.221. The van der Waals surface area contributed by atoms with Crippen LogP contribution in [0.1, 0.15) is 6.42 Å². The molecule has 0 aromatic heterocycles. The Labute approximate surface area is 87.7 Å². The number of rotatable bonds is 1. The van der Waals surface area contributed by atoms with Crippen molar-refractivity contribution < 1.29 is 9.13 Å². The molecular formula is C11H11FN2O. The predicted octanol–water partition coefficient (Wildman–Crippen LogP) is 1.94. The van der Waals surface area contributed by atoms with E-state index in [2.05, 4.69) is 6.07 Å². The summed E-state index contributed by atoms with van der Waals surface area (Å²) in [6, 6.07) is 6.48. The Morgan fingerprint density at radius 1 is 1.67 bits per heavy atom. The van der Waals surface area contributed by atoms with Gasteiger partial charge in [0, 0.05) is 13.1 Å². The van der Waals surface area contributed by atoms with Gasteiger partial charge in [-0.2, -0.15) is 5.26 Å². The van der Waals surface area contributed by atoms with Crippen LogP contribution in [-0.4, -0.2) is 19.7 Å². The van der Waals surface area contributed by atoms with Crippen molar-refractivity contribution in [3.05, 3.63) is 24.0 Å². The third-order valence-electron chi connectivity index (χ3n) is 2.42. The third kappa shape index (κ3) is 1.86. The molecule has 1 atom stereocenters. The highest BCUT2D eigenvalue weighted by Gasteiger charge is 2.23. The van der Waals surface area contributed by atoms with E-state index in [1.165, 1.54) is 12.1 Å². The number of nitriles is 1. The summed E-state index contributed by atoms with van der Waals surface area (Å²) in [4.78, 5) is 1.91. The van der Waals surface area contributed by atoms with E-state index in [1.54, 1.807) is 6.07 Å². The van der Waals surface area contributed by atoms with E-state index < -0.39 is 0 Å². The summed E-state index contributed by atoms with van der Waals surface area (Å²) in [7, 11) is 1.87. The summed E-state index contributed by atoms with van der Waals surface area (Å²) >= 11 is 0. The second-order valence-electron chi connectivity index (χ2n) is 3.59. The van der Waals surface area contributed by atoms with E-state index in [4.69, 9.17) is 10.00 Å². The quantitative estimate of drug-likeness (QED) is 0.704. The van der Waals surface area contributed by atoms with Crippen LogP contribution in [0.25, 0.3) is 0 Å². The molecule has 0 radical (unpaired) electrons. The molecule has 4 heteroatoms. The fourth-order valence-electron chi connectivity index (χ4n) is 1.72. The van der Waals surface area contributed by atoms with Crippen molar-refractivity contribution in [2.45, 2.75) is 12.5 Å². The van der Waals surface area contributed by atoms with Gasteiger partial charge in [0.05, 0.1) is 24.7 Å². The molecule has 0 saturated heterocycles. The molecule has 2 rings (SSSR count). The number of ether oxygens (including phenoxy) is 1. The van der Waals surface area contributed by atoms with E-state index in [9.17, 15) is 4.39 Å². The van der Waals surface area contributed by atoms with E-state index in [0.29, 0.717) is 18.7 Å². The molecule has 0 fully saturated rings. The van der Waals surface area contributed by atoms with Gasteiger partial charge >= 0.3 is 0 Å². The number of hydrogen-bond donors (Lipinski definition) is 0. The average Bonchev–Trinajstić information content (AvgIpc) is 2.20. The van der Waals surface area contributed by atoms with Gasteiger partial charge in [0.15, 0.2) is 0 Å². The number of hydrogen-bond acceptors (Lipinski definition) is 3. The van der Waals surface area contributed by atoms with Crippen LogP contribution in [0.15, 0.2) is 18.2 Å². The first-order valence-corrected chi connectivity index (χ1v) is 4.75. The number of halogens is 1. The molecule has 1 aromatic carbocycles. The van der Waals surface area contributed by atoms with Crippen molar-refractivity contribution in [2.75, 3.05) is 18.5 Å². The highest BCUT2D eigenvalue weighted by molar-refractivity contribution is 5.59. The number of benzene rings is 1. The summed E-state index contributed by atoms with van der Waals surface area (Å²) in [5, 5.41) is 8.59. The Hall–Kier alpha value is -1.76. The Bertz CT molecular complexity index is 414. The molecule has 1 aromatic rings. The first-order chi connectivity index (χ1) is 7.20. The van der Waals surface area contributed by atoms with Crippen LogP contribution in [0, 0.1) is 17.1 Å². The van der Waals surface area contributed by atoms with Gasteiger partial charge in [-0.25, -0.2) is 4.39 Å². The van der Waals surface area contributed by atoms with Crippen molar-refractivity contribution in [3.8, 4) is 11.8 Å². The fourth-order valence-corrected chi connectivity index (χ4v) is 1.72. The van der Waals surface area contributed by atoms with Gasteiger partial charge in [-0.1, -0.05) is 0 Å². The Morgan fingerprint density at radius 2 is 2.47 bits per heavy atom. The standard InChI is InChI=1S/C11H11FN2O/c1-14-7-9(4-5-13)15-11-3-2-8(12)6-10(11)14/h2-3,6,9H,4,7H2,1H3/t9-/m1/s1. The molecule has 0 amide bonds. The summed E-state index contributed by atoms with van der Waals surface area (Å²) in [5.41, 5.74) is 0.740. The van der Waals surface area contributed by atoms with Gasteiger partial charge in [-0.15, -0.1) is 0 Å². The molecule has 1 heterocycles. The molecule has 0 unspecified atom stereocenters. The van der Waals surface area contributed by atoms with Crippen molar-refractivity contribution in [1.29, 1.82) is 5.26 Å². The molecular weight excluding hydrogens is 195 g/mol. The zero-order valence-electron chi connectivity index (χ0n) is 8.40. The van der Waals surface area contributed by atoms with E-state index >= 15 is 0 Å². The summed E-state index contributed by atoms with van der Waals surface area (Å²) in [6.45, 7) is 0.615. The van der Waals surface area contributed by atoms with Crippen molar-refractivity contribution in [2.24, 2.45) is 0 Å². The fraction of sp³-hybridized carbons (Fsp3) is 0.364. The smallest absolute Gasteiger partial charge is 0.143 e. The van der Waals surface area contributed by atoms with Gasteiger partial charge in [-0.05, 0) is 12.1 Å². The average molecular weight is 206 g/mol. The van der Waals surface area contributed by atoms with Gasteiger partial charge in [0.25, 0.3) is 0 Å². The Morgan fingerprint density at radius 3 is 3.20 bits per heavy atom. The third-order valence-corrected chi connectivity index (χ3v) is 2.42. The predicted molar refractivity (Wildman–Crippen MR) is 54.3 cm³/mol. The van der Waals surface area contributed by atoms with Crippen LogP contribution in [0.3, 0.4) is 0 Å². The lowest BCUT2D eigenvalue weighted by Gasteiger charge is -2.32. The molecule has 1 aliphatic heterocycles. The number of nitrogens with zero attached hydrogens (tertiary/aromatic N) is 2. The maximum Gasteiger partial charge on any atom is 0.143 e. The van der Waals surface area contributed by atoms with Crippen LogP contribution in [0.4, 0.5) is 10.1 Å². The highest BCUT2D eigenvalue weighted by atomic mass is 19.1. The van der Waals surface area contributed by atoms with E-state index in [0.717, 1.165) is 5.69 Å².